The summed E-state index contributed by atoms with van der Waals surface area (Å²) in [5.41, 5.74) is -0.748. The number of hydrogen-bond donors (Lipinski definition) is 2. The molecule has 0 amide bonds. The van der Waals surface area contributed by atoms with E-state index in [1.165, 1.54) is 6.92 Å². The van der Waals surface area contributed by atoms with E-state index in [9.17, 15) is 18.7 Å². The van der Waals surface area contributed by atoms with Crippen molar-refractivity contribution < 1.29 is 13.9 Å². The third-order valence-corrected chi connectivity index (χ3v) is 2.24. The molecular formula is C10H7F2NO2. The molecule has 0 radical (unpaired) electrons. The third kappa shape index (κ3) is 1.36. The van der Waals surface area contributed by atoms with Crippen molar-refractivity contribution in [3.63, 3.8) is 0 Å². The quantitative estimate of drug-likeness (QED) is 0.698. The highest BCUT2D eigenvalue weighted by Gasteiger charge is 2.12. The number of aromatic nitrogens is 1. The van der Waals surface area contributed by atoms with Crippen LogP contribution in [0.1, 0.15) is 5.56 Å². The predicted octanol–water partition coefficient (Wildman–Crippen LogP) is 1.82. The van der Waals surface area contributed by atoms with Crippen molar-refractivity contribution in [2.75, 3.05) is 0 Å². The molecule has 0 fully saturated rings. The Balaban J connectivity index is 3.05. The second-order valence-corrected chi connectivity index (χ2v) is 3.24. The van der Waals surface area contributed by atoms with Crippen LogP contribution in [0.15, 0.2) is 16.9 Å². The molecule has 0 bridgehead atoms. The lowest BCUT2D eigenvalue weighted by atomic mass is 10.1. The number of aromatic hydroxyl groups is 1. The molecule has 0 saturated heterocycles. The second-order valence-electron chi connectivity index (χ2n) is 3.24. The van der Waals surface area contributed by atoms with Crippen LogP contribution < -0.4 is 5.56 Å². The molecule has 15 heavy (non-hydrogen) atoms. The number of fused-ring (bicyclic) bond motifs is 1. The van der Waals surface area contributed by atoms with Crippen LogP contribution in [-0.4, -0.2) is 10.1 Å². The first kappa shape index (κ1) is 9.64. The summed E-state index contributed by atoms with van der Waals surface area (Å²) < 4.78 is 26.1. The summed E-state index contributed by atoms with van der Waals surface area (Å²) in [6.45, 7) is 1.37. The first-order chi connectivity index (χ1) is 7.00. The van der Waals surface area contributed by atoms with Crippen molar-refractivity contribution in [1.82, 2.24) is 4.98 Å². The number of H-pyrrole nitrogens is 1. The molecule has 1 aromatic heterocycles. The van der Waals surface area contributed by atoms with Gasteiger partial charge in [-0.25, -0.2) is 8.78 Å². The summed E-state index contributed by atoms with van der Waals surface area (Å²) in [4.78, 5) is 13.5. The summed E-state index contributed by atoms with van der Waals surface area (Å²) in [6.07, 6.45) is 0. The molecule has 2 rings (SSSR count). The van der Waals surface area contributed by atoms with Crippen molar-refractivity contribution >= 4 is 10.9 Å². The summed E-state index contributed by atoms with van der Waals surface area (Å²) in [6, 6.07) is 1.61. The van der Waals surface area contributed by atoms with Crippen LogP contribution in [0.4, 0.5) is 8.78 Å². The molecule has 0 unspecified atom stereocenters. The fraction of sp³-hybridized carbons (Fsp3) is 0.100. The van der Waals surface area contributed by atoms with E-state index >= 15 is 0 Å². The van der Waals surface area contributed by atoms with E-state index in [1.54, 1.807) is 0 Å². The van der Waals surface area contributed by atoms with Crippen molar-refractivity contribution in [2.24, 2.45) is 0 Å². The van der Waals surface area contributed by atoms with Gasteiger partial charge >= 0.3 is 0 Å². The van der Waals surface area contributed by atoms with Crippen LogP contribution in [0, 0.1) is 18.6 Å². The first-order valence-corrected chi connectivity index (χ1v) is 4.21. The van der Waals surface area contributed by atoms with Crippen LogP contribution in [-0.2, 0) is 0 Å². The second kappa shape index (κ2) is 3.05. The molecule has 3 nitrogen and oxygen atoms in total. The lowest BCUT2D eigenvalue weighted by Crippen LogP contribution is -2.10. The Labute approximate surface area is 83.0 Å². The van der Waals surface area contributed by atoms with E-state index < -0.39 is 22.9 Å². The van der Waals surface area contributed by atoms with Gasteiger partial charge in [-0.3, -0.25) is 4.79 Å². The van der Waals surface area contributed by atoms with Crippen LogP contribution in [0.2, 0.25) is 0 Å². The lowest BCUT2D eigenvalue weighted by Gasteiger charge is -2.04. The van der Waals surface area contributed by atoms with E-state index in [0.29, 0.717) is 6.07 Å². The van der Waals surface area contributed by atoms with E-state index in [-0.39, 0.29) is 16.5 Å². The van der Waals surface area contributed by atoms with Crippen molar-refractivity contribution in [3.05, 3.63) is 39.7 Å². The standard InChI is InChI=1S/C10H7F2NO2/c1-4-9(14)6-2-5(11)3-7(12)8(6)13-10(4)15/h2-3H,1H3,(H2,13,14,15). The van der Waals surface area contributed by atoms with Gasteiger partial charge in [0.05, 0.1) is 11.1 Å². The Morgan fingerprint density at radius 1 is 1.33 bits per heavy atom. The smallest absolute Gasteiger partial charge is 0.255 e. The summed E-state index contributed by atoms with van der Waals surface area (Å²) >= 11 is 0. The van der Waals surface area contributed by atoms with Crippen LogP contribution in [0.25, 0.3) is 10.9 Å². The van der Waals surface area contributed by atoms with Gasteiger partial charge in [0.1, 0.15) is 17.4 Å². The number of halogens is 2. The maximum absolute atomic E-state index is 13.2. The van der Waals surface area contributed by atoms with Crippen LogP contribution >= 0.6 is 0 Å². The van der Waals surface area contributed by atoms with Gasteiger partial charge in [0.25, 0.3) is 5.56 Å². The normalized spacial score (nSPS) is 10.9. The summed E-state index contributed by atoms with van der Waals surface area (Å²) in [5, 5.41) is 9.50. The fourth-order valence-corrected chi connectivity index (χ4v) is 1.40. The van der Waals surface area contributed by atoms with Gasteiger partial charge in [-0.15, -0.1) is 0 Å². The molecule has 2 N–H and O–H groups in total. The number of benzene rings is 1. The molecule has 0 aliphatic rings. The number of aromatic amines is 1. The average molecular weight is 211 g/mol. The van der Waals surface area contributed by atoms with E-state index in [0.717, 1.165) is 6.07 Å². The monoisotopic (exact) mass is 211 g/mol. The summed E-state index contributed by atoms with van der Waals surface area (Å²) in [5.74, 6) is -2.11. The number of rotatable bonds is 0. The maximum Gasteiger partial charge on any atom is 0.255 e. The van der Waals surface area contributed by atoms with E-state index in [1.807, 2.05) is 0 Å². The number of hydrogen-bond acceptors (Lipinski definition) is 2. The molecule has 0 atom stereocenters. The van der Waals surface area contributed by atoms with Crippen LogP contribution in [0.5, 0.6) is 5.75 Å². The molecule has 1 heterocycles. The van der Waals surface area contributed by atoms with Gasteiger partial charge in [0, 0.05) is 11.5 Å². The average Bonchev–Trinajstić information content (AvgIpc) is 2.17. The Morgan fingerprint density at radius 2 is 2.00 bits per heavy atom. The van der Waals surface area contributed by atoms with E-state index in [2.05, 4.69) is 4.98 Å². The highest BCUT2D eigenvalue weighted by atomic mass is 19.1. The first-order valence-electron chi connectivity index (χ1n) is 4.21. The Hall–Kier alpha value is -1.91. The summed E-state index contributed by atoms with van der Waals surface area (Å²) in [7, 11) is 0. The molecule has 0 aliphatic carbocycles. The molecule has 78 valence electrons. The molecule has 2 aromatic rings. The van der Waals surface area contributed by atoms with Gasteiger partial charge < -0.3 is 10.1 Å². The molecule has 0 saturated carbocycles. The SMILES string of the molecule is Cc1c(O)c2cc(F)cc(F)c2[nH]c1=O. The van der Waals surface area contributed by atoms with Crippen molar-refractivity contribution in [2.45, 2.75) is 6.92 Å². The zero-order valence-corrected chi connectivity index (χ0v) is 7.77. The Bertz CT molecular complexity index is 604. The van der Waals surface area contributed by atoms with Gasteiger partial charge in [-0.2, -0.15) is 0 Å². The minimum absolute atomic E-state index is 0.0347. The number of pyridine rings is 1. The largest absolute Gasteiger partial charge is 0.507 e. The topological polar surface area (TPSA) is 53.1 Å². The Kier molecular flexibility index (Phi) is 1.96. The molecule has 0 aliphatic heterocycles. The van der Waals surface area contributed by atoms with Crippen LogP contribution in [0.3, 0.4) is 0 Å². The van der Waals surface area contributed by atoms with Gasteiger partial charge in [0.2, 0.25) is 0 Å². The molecule has 0 spiro atoms. The number of nitrogens with one attached hydrogen (secondary N) is 1. The third-order valence-electron chi connectivity index (χ3n) is 2.24. The van der Waals surface area contributed by atoms with Gasteiger partial charge in [-0.05, 0) is 13.0 Å². The molecular weight excluding hydrogens is 204 g/mol. The highest BCUT2D eigenvalue weighted by molar-refractivity contribution is 5.86. The van der Waals surface area contributed by atoms with Crippen molar-refractivity contribution in [1.29, 1.82) is 0 Å². The predicted molar refractivity (Wildman–Crippen MR) is 50.9 cm³/mol. The minimum atomic E-state index is -0.905. The lowest BCUT2D eigenvalue weighted by molar-refractivity contribution is 0.475. The van der Waals surface area contributed by atoms with Crippen molar-refractivity contribution in [3.8, 4) is 5.75 Å². The maximum atomic E-state index is 13.2. The molecule has 5 heteroatoms. The Morgan fingerprint density at radius 3 is 2.67 bits per heavy atom. The van der Waals surface area contributed by atoms with E-state index in [4.69, 9.17) is 0 Å². The highest BCUT2D eigenvalue weighted by Crippen LogP contribution is 2.26. The zero-order chi connectivity index (χ0) is 11.2. The molecule has 1 aromatic carbocycles. The van der Waals surface area contributed by atoms with Gasteiger partial charge in [-0.1, -0.05) is 0 Å². The fourth-order valence-electron chi connectivity index (χ4n) is 1.40. The zero-order valence-electron chi connectivity index (χ0n) is 7.77. The minimum Gasteiger partial charge on any atom is -0.507 e. The van der Waals surface area contributed by atoms with Gasteiger partial charge in [0.15, 0.2) is 0 Å².